The van der Waals surface area contributed by atoms with E-state index < -0.39 is 17.5 Å². The van der Waals surface area contributed by atoms with Gasteiger partial charge in [-0.05, 0) is 12.1 Å². The number of carboxylic acid groups (broad SMARTS) is 1. The third kappa shape index (κ3) is 4.57. The van der Waals surface area contributed by atoms with Gasteiger partial charge in [-0.3, -0.25) is 0 Å². The maximum atomic E-state index is 10.2. The van der Waals surface area contributed by atoms with E-state index in [1.807, 2.05) is 0 Å². The minimum absolute atomic E-state index is 0.00606. The Morgan fingerprint density at radius 3 is 2.12 bits per heavy atom. The van der Waals surface area contributed by atoms with Crippen molar-refractivity contribution in [2.75, 3.05) is 7.11 Å². The van der Waals surface area contributed by atoms with Crippen LogP contribution in [-0.2, 0) is 0 Å². The highest BCUT2D eigenvalue weighted by Crippen LogP contribution is 2.43. The number of hydrogen-bond donors (Lipinski definition) is 6. The molecule has 0 aliphatic carbocycles. The lowest BCUT2D eigenvalue weighted by atomic mass is 10.1. The zero-order chi connectivity index (χ0) is 23.4. The van der Waals surface area contributed by atoms with Gasteiger partial charge in [-0.25, -0.2) is 9.21 Å². The molecular weight excluding hydrogens is 420 g/mol. The third-order valence-corrected chi connectivity index (χ3v) is 4.39. The number of ether oxygens (including phenoxy) is 1. The molecule has 4 aromatic rings. The molecule has 0 radical (unpaired) electrons. The van der Waals surface area contributed by atoms with Crippen LogP contribution < -0.4 is 4.74 Å². The largest absolute Gasteiger partial charge is 0.507 e. The summed E-state index contributed by atoms with van der Waals surface area (Å²) in [5.74, 6) is -2.57. The van der Waals surface area contributed by atoms with Crippen LogP contribution in [-0.4, -0.2) is 43.7 Å². The van der Waals surface area contributed by atoms with E-state index in [1.54, 1.807) is 30.3 Å². The van der Waals surface area contributed by atoms with Crippen LogP contribution in [0.4, 0.5) is 0 Å². The number of benzene rings is 3. The molecule has 0 unspecified atom stereocenters. The van der Waals surface area contributed by atoms with E-state index in [2.05, 4.69) is 0 Å². The smallest absolute Gasteiger partial charge is 0.402 e. The molecule has 0 amide bonds. The fourth-order valence-corrected chi connectivity index (χ4v) is 2.86. The quantitative estimate of drug-likeness (QED) is 0.202. The van der Waals surface area contributed by atoms with E-state index in [1.165, 1.54) is 31.4 Å². The van der Waals surface area contributed by atoms with Gasteiger partial charge in [-0.15, -0.1) is 0 Å². The Morgan fingerprint density at radius 1 is 0.844 bits per heavy atom. The first-order chi connectivity index (χ1) is 15.2. The van der Waals surface area contributed by atoms with Gasteiger partial charge in [0.1, 0.15) is 16.9 Å². The number of carboxylic acids is 1. The maximum absolute atomic E-state index is 10.2. The van der Waals surface area contributed by atoms with Crippen molar-refractivity contribution in [1.82, 2.24) is 0 Å². The molecule has 0 bridgehead atoms. The summed E-state index contributed by atoms with van der Waals surface area (Å²) in [6.45, 7) is 0. The van der Waals surface area contributed by atoms with Gasteiger partial charge in [0, 0.05) is 24.3 Å². The van der Waals surface area contributed by atoms with E-state index in [9.17, 15) is 30.3 Å². The number of aromatic carboxylic acids is 1. The van der Waals surface area contributed by atoms with E-state index >= 15 is 0 Å². The standard InChI is InChI=1S/C16H12O7.C7H6O2/c1-22-14-3-7(2-11(19)15(14)21)16-12(20)6-9-10(18)4-8(17)5-13(9)23-16;8-7(9)6-4-2-1-3-5-6/h2-6H,1H3,(H4-,17,18,19,20,21);1-5H,(H,8,9)/p+1. The lowest BCUT2D eigenvalue weighted by Gasteiger charge is -2.06. The van der Waals surface area contributed by atoms with Crippen molar-refractivity contribution < 1.29 is 44.6 Å². The summed E-state index contributed by atoms with van der Waals surface area (Å²) in [6, 6.07) is 14.5. The fraction of sp³-hybridized carbons (Fsp3) is 0.0435. The molecule has 0 aliphatic rings. The average molecular weight is 439 g/mol. The Morgan fingerprint density at radius 2 is 1.53 bits per heavy atom. The lowest BCUT2D eigenvalue weighted by molar-refractivity contribution is 0.0697. The van der Waals surface area contributed by atoms with Gasteiger partial charge in [-0.2, -0.15) is 0 Å². The molecule has 0 aliphatic heterocycles. The number of carbonyl (C=O) groups is 1. The van der Waals surface area contributed by atoms with Crippen LogP contribution in [0.25, 0.3) is 22.3 Å². The predicted octanol–water partition coefficient (Wildman–Crippen LogP) is 4.30. The van der Waals surface area contributed by atoms with Gasteiger partial charge in [0.15, 0.2) is 11.5 Å². The summed E-state index contributed by atoms with van der Waals surface area (Å²) in [5, 5.41) is 57.4. The molecule has 9 nitrogen and oxygen atoms in total. The van der Waals surface area contributed by atoms with Crippen molar-refractivity contribution in [3.05, 3.63) is 66.2 Å². The summed E-state index contributed by atoms with van der Waals surface area (Å²) in [5.41, 5.74) is 0.693. The molecule has 0 saturated heterocycles. The topological polar surface area (TPSA) is 159 Å². The Balaban J connectivity index is 0.000000269. The number of aromatic hydroxyl groups is 5. The first-order valence-electron chi connectivity index (χ1n) is 9.11. The average Bonchev–Trinajstić information content (AvgIpc) is 2.77. The second-order valence-electron chi connectivity index (χ2n) is 6.55. The summed E-state index contributed by atoms with van der Waals surface area (Å²) in [4.78, 5) is 10.2. The lowest BCUT2D eigenvalue weighted by Crippen LogP contribution is -1.93. The van der Waals surface area contributed by atoms with Crippen LogP contribution in [0.1, 0.15) is 10.4 Å². The van der Waals surface area contributed by atoms with Crippen LogP contribution in [0.3, 0.4) is 0 Å². The van der Waals surface area contributed by atoms with Crippen LogP contribution in [0, 0.1) is 0 Å². The third-order valence-electron chi connectivity index (χ3n) is 4.39. The van der Waals surface area contributed by atoms with Gasteiger partial charge in [0.25, 0.3) is 0 Å². The van der Waals surface area contributed by atoms with Crippen LogP contribution in [0.2, 0.25) is 0 Å². The minimum atomic E-state index is -0.879. The second kappa shape index (κ2) is 9.00. The van der Waals surface area contributed by atoms with Crippen molar-refractivity contribution in [3.8, 4) is 45.8 Å². The molecule has 164 valence electrons. The zero-order valence-corrected chi connectivity index (χ0v) is 16.7. The van der Waals surface area contributed by atoms with Crippen molar-refractivity contribution in [1.29, 1.82) is 0 Å². The molecule has 32 heavy (non-hydrogen) atoms. The number of phenols is 4. The first-order valence-corrected chi connectivity index (χ1v) is 9.11. The Hall–Kier alpha value is -4.66. The maximum Gasteiger partial charge on any atom is 0.402 e. The molecule has 4 rings (SSSR count). The summed E-state index contributed by atoms with van der Waals surface area (Å²) in [6.07, 6.45) is 0. The van der Waals surface area contributed by atoms with Crippen LogP contribution >= 0.6 is 0 Å². The number of fused-ring (bicyclic) bond motifs is 1. The highest BCUT2D eigenvalue weighted by molar-refractivity contribution is 5.88. The summed E-state index contributed by atoms with van der Waals surface area (Å²) < 4.78 is 10.5. The van der Waals surface area contributed by atoms with Gasteiger partial charge in [0.2, 0.25) is 11.5 Å². The van der Waals surface area contributed by atoms with Crippen molar-refractivity contribution in [3.63, 3.8) is 0 Å². The van der Waals surface area contributed by atoms with Crippen LogP contribution in [0.5, 0.6) is 34.5 Å². The van der Waals surface area contributed by atoms with Gasteiger partial charge < -0.3 is 35.4 Å². The molecule has 0 fully saturated rings. The van der Waals surface area contributed by atoms with Crippen LogP contribution in [0.15, 0.2) is 65.1 Å². The molecule has 3 aromatic carbocycles. The monoisotopic (exact) mass is 439 g/mol. The Bertz CT molecular complexity index is 1280. The predicted molar refractivity (Wildman–Crippen MR) is 114 cm³/mol. The highest BCUT2D eigenvalue weighted by Gasteiger charge is 2.26. The van der Waals surface area contributed by atoms with Crippen molar-refractivity contribution in [2.24, 2.45) is 0 Å². The SMILES string of the molecule is COc1cc(-c2[o+]c3cc(O)cc(O)c3cc2O)cc(O)c1O.O=C(O)c1ccccc1. The molecule has 9 heteroatoms. The first kappa shape index (κ1) is 22.0. The van der Waals surface area contributed by atoms with Gasteiger partial charge >= 0.3 is 17.3 Å². The highest BCUT2D eigenvalue weighted by atomic mass is 16.5. The van der Waals surface area contributed by atoms with Crippen molar-refractivity contribution >= 4 is 16.9 Å². The normalized spacial score (nSPS) is 10.3. The van der Waals surface area contributed by atoms with Gasteiger partial charge in [0.05, 0.1) is 24.3 Å². The molecule has 0 saturated carbocycles. The number of hydrogen-bond acceptors (Lipinski definition) is 7. The summed E-state index contributed by atoms with van der Waals surface area (Å²) in [7, 11) is 1.31. The van der Waals surface area contributed by atoms with Gasteiger partial charge in [-0.1, -0.05) is 18.2 Å². The number of methoxy groups -OCH3 is 1. The molecule has 1 aromatic heterocycles. The molecule has 1 heterocycles. The second-order valence-corrected chi connectivity index (χ2v) is 6.55. The van der Waals surface area contributed by atoms with Crippen molar-refractivity contribution in [2.45, 2.75) is 0 Å². The summed E-state index contributed by atoms with van der Waals surface area (Å²) >= 11 is 0. The van der Waals surface area contributed by atoms with E-state index in [-0.39, 0.29) is 45.3 Å². The molecule has 6 N–H and O–H groups in total. The Kier molecular flexibility index (Phi) is 6.20. The molecular formula is C23H19O9+. The van der Waals surface area contributed by atoms with E-state index in [0.29, 0.717) is 5.56 Å². The Labute approximate surface area is 181 Å². The fourth-order valence-electron chi connectivity index (χ4n) is 2.86. The van der Waals surface area contributed by atoms with E-state index in [0.717, 1.165) is 6.07 Å². The molecule has 0 spiro atoms. The number of phenolic OH excluding ortho intramolecular Hbond substituents is 4. The number of rotatable bonds is 3. The van der Waals surface area contributed by atoms with E-state index in [4.69, 9.17) is 14.3 Å². The minimum Gasteiger partial charge on any atom is -0.507 e. The molecule has 0 atom stereocenters. The zero-order valence-electron chi connectivity index (χ0n) is 16.7.